The highest BCUT2D eigenvalue weighted by Gasteiger charge is 2.19. The van der Waals surface area contributed by atoms with Crippen molar-refractivity contribution in [2.75, 3.05) is 18.0 Å². The summed E-state index contributed by atoms with van der Waals surface area (Å²) in [6.45, 7) is 10.3. The Morgan fingerprint density at radius 3 is 2.48 bits per heavy atom. The van der Waals surface area contributed by atoms with E-state index in [0.717, 1.165) is 43.0 Å². The van der Waals surface area contributed by atoms with Gasteiger partial charge in [-0.15, -0.1) is 0 Å². The molecule has 21 heavy (non-hydrogen) atoms. The summed E-state index contributed by atoms with van der Waals surface area (Å²) >= 11 is 0. The fourth-order valence-electron chi connectivity index (χ4n) is 2.61. The minimum atomic E-state index is -0.938. The second-order valence-corrected chi connectivity index (χ2v) is 5.34. The third-order valence-corrected chi connectivity index (χ3v) is 3.94. The summed E-state index contributed by atoms with van der Waals surface area (Å²) in [7, 11) is 1.91. The molecule has 0 radical (unpaired) electrons. The molecule has 0 saturated carbocycles. The molecule has 118 valence electrons. The molecule has 0 aliphatic carbocycles. The van der Waals surface area contributed by atoms with Crippen LogP contribution in [0.2, 0.25) is 0 Å². The maximum atomic E-state index is 10.8. The topological polar surface area (TPSA) is 58.4 Å². The van der Waals surface area contributed by atoms with Crippen molar-refractivity contribution in [2.45, 2.75) is 40.5 Å². The number of carboxylic acids is 1. The van der Waals surface area contributed by atoms with Gasteiger partial charge in [0.1, 0.15) is 5.82 Å². The molecule has 1 heterocycles. The van der Waals surface area contributed by atoms with Crippen LogP contribution in [0.25, 0.3) is 6.08 Å². The molecule has 0 atom stereocenters. The number of carboxylic acid groups (broad SMARTS) is 1. The first-order valence-corrected chi connectivity index (χ1v) is 7.63. The van der Waals surface area contributed by atoms with Crippen molar-refractivity contribution in [3.05, 3.63) is 17.3 Å². The zero-order valence-electron chi connectivity index (χ0n) is 13.8. The molecule has 0 saturated heterocycles. The molecular weight excluding hydrogens is 266 g/mol. The Bertz CT molecular complexity index is 502. The summed E-state index contributed by atoms with van der Waals surface area (Å²) in [5.74, 6) is 0.697. The molecule has 0 aliphatic heterocycles. The van der Waals surface area contributed by atoms with Crippen LogP contribution in [0, 0.1) is 12.8 Å². The molecule has 0 bridgehead atoms. The first-order valence-electron chi connectivity index (χ1n) is 7.63. The summed E-state index contributed by atoms with van der Waals surface area (Å²) < 4.78 is 1.85. The monoisotopic (exact) mass is 293 g/mol. The zero-order valence-corrected chi connectivity index (χ0v) is 13.8. The Kier molecular flexibility index (Phi) is 6.46. The summed E-state index contributed by atoms with van der Waals surface area (Å²) in [6.07, 6.45) is 5.11. The zero-order chi connectivity index (χ0) is 16.0. The van der Waals surface area contributed by atoms with Crippen LogP contribution in [0.3, 0.4) is 0 Å². The number of aryl methyl sites for hydroxylation is 2. The van der Waals surface area contributed by atoms with Crippen molar-refractivity contribution >= 4 is 17.9 Å². The second kappa shape index (κ2) is 7.86. The summed E-state index contributed by atoms with van der Waals surface area (Å²) in [5.41, 5.74) is 1.75. The maximum absolute atomic E-state index is 10.8. The lowest BCUT2D eigenvalue weighted by molar-refractivity contribution is -0.131. The van der Waals surface area contributed by atoms with E-state index in [1.165, 1.54) is 6.08 Å². The van der Waals surface area contributed by atoms with Crippen LogP contribution in [-0.4, -0.2) is 33.9 Å². The van der Waals surface area contributed by atoms with Gasteiger partial charge in [0.25, 0.3) is 0 Å². The normalized spacial score (nSPS) is 11.5. The number of nitrogens with zero attached hydrogens (tertiary/aromatic N) is 3. The number of hydrogen-bond acceptors (Lipinski definition) is 3. The van der Waals surface area contributed by atoms with Crippen molar-refractivity contribution in [1.29, 1.82) is 0 Å². The highest BCUT2D eigenvalue weighted by atomic mass is 16.4. The molecule has 0 amide bonds. The third kappa shape index (κ3) is 4.34. The molecule has 0 unspecified atom stereocenters. The first kappa shape index (κ1) is 17.3. The first-order chi connectivity index (χ1) is 9.94. The van der Waals surface area contributed by atoms with Crippen LogP contribution in [0.1, 0.15) is 44.9 Å². The van der Waals surface area contributed by atoms with E-state index in [0.29, 0.717) is 5.92 Å². The van der Waals surface area contributed by atoms with E-state index in [2.05, 4.69) is 30.8 Å². The molecule has 5 nitrogen and oxygen atoms in total. The Labute approximate surface area is 127 Å². The van der Waals surface area contributed by atoms with Gasteiger partial charge in [-0.1, -0.05) is 26.7 Å². The van der Waals surface area contributed by atoms with Gasteiger partial charge in [0.05, 0.1) is 5.69 Å². The van der Waals surface area contributed by atoms with E-state index >= 15 is 0 Å². The molecule has 0 spiro atoms. The van der Waals surface area contributed by atoms with Gasteiger partial charge in [0.15, 0.2) is 0 Å². The number of hydrogen-bond donors (Lipinski definition) is 1. The van der Waals surface area contributed by atoms with Crippen LogP contribution < -0.4 is 4.90 Å². The molecular formula is C16H27N3O2. The van der Waals surface area contributed by atoms with Crippen molar-refractivity contribution in [3.8, 4) is 0 Å². The Balaban J connectivity index is 3.16. The average molecular weight is 293 g/mol. The molecule has 5 heteroatoms. The van der Waals surface area contributed by atoms with Gasteiger partial charge in [-0.05, 0) is 25.8 Å². The van der Waals surface area contributed by atoms with Gasteiger partial charge < -0.3 is 10.0 Å². The van der Waals surface area contributed by atoms with Gasteiger partial charge in [0.2, 0.25) is 0 Å². The van der Waals surface area contributed by atoms with Crippen LogP contribution in [0.15, 0.2) is 6.08 Å². The molecule has 0 aliphatic rings. The maximum Gasteiger partial charge on any atom is 0.328 e. The summed E-state index contributed by atoms with van der Waals surface area (Å²) in [4.78, 5) is 13.1. The van der Waals surface area contributed by atoms with Crippen LogP contribution >= 0.6 is 0 Å². The third-order valence-electron chi connectivity index (χ3n) is 3.94. The molecule has 0 aromatic carbocycles. The Morgan fingerprint density at radius 1 is 1.38 bits per heavy atom. The average Bonchev–Trinajstić information content (AvgIpc) is 2.72. The fourth-order valence-corrected chi connectivity index (χ4v) is 2.61. The quantitative estimate of drug-likeness (QED) is 0.748. The highest BCUT2D eigenvalue weighted by molar-refractivity contribution is 5.87. The second-order valence-electron chi connectivity index (χ2n) is 5.34. The van der Waals surface area contributed by atoms with Crippen molar-refractivity contribution in [1.82, 2.24) is 9.78 Å². The van der Waals surface area contributed by atoms with Crippen LogP contribution in [-0.2, 0) is 11.8 Å². The van der Waals surface area contributed by atoms with E-state index < -0.39 is 5.97 Å². The Hall–Kier alpha value is -1.78. The smallest absolute Gasteiger partial charge is 0.328 e. The molecule has 1 aromatic heterocycles. The summed E-state index contributed by atoms with van der Waals surface area (Å²) in [5, 5.41) is 13.3. The highest BCUT2D eigenvalue weighted by Crippen LogP contribution is 2.26. The molecule has 1 rings (SSSR count). The molecule has 1 aromatic rings. The van der Waals surface area contributed by atoms with E-state index in [4.69, 9.17) is 5.11 Å². The van der Waals surface area contributed by atoms with Crippen LogP contribution in [0.5, 0.6) is 0 Å². The predicted octanol–water partition coefficient (Wildman–Crippen LogP) is 3.09. The number of rotatable bonds is 8. The van der Waals surface area contributed by atoms with Crippen LogP contribution in [0.4, 0.5) is 5.82 Å². The standard InChI is InChI=1S/C16H27N3O2/c1-6-13(7-2)11-19(8-3)16-14(9-10-15(20)21)12(4)17-18(16)5/h9-10,13H,6-8,11H2,1-5H3,(H,20,21). The van der Waals surface area contributed by atoms with E-state index in [1.54, 1.807) is 6.08 Å². The van der Waals surface area contributed by atoms with Crippen molar-refractivity contribution in [2.24, 2.45) is 13.0 Å². The number of carbonyl (C=O) groups is 1. The SMILES string of the molecule is CCC(CC)CN(CC)c1c(C=CC(=O)O)c(C)nn1C. The number of aromatic nitrogens is 2. The van der Waals surface area contributed by atoms with E-state index in [1.807, 2.05) is 18.7 Å². The van der Waals surface area contributed by atoms with E-state index in [-0.39, 0.29) is 0 Å². The fraction of sp³-hybridized carbons (Fsp3) is 0.625. The number of anilines is 1. The number of aliphatic carboxylic acids is 1. The minimum absolute atomic E-state index is 0.636. The lowest BCUT2D eigenvalue weighted by atomic mass is 10.0. The van der Waals surface area contributed by atoms with E-state index in [9.17, 15) is 4.79 Å². The van der Waals surface area contributed by atoms with Gasteiger partial charge in [-0.3, -0.25) is 4.68 Å². The predicted molar refractivity (Wildman–Crippen MR) is 86.6 cm³/mol. The molecule has 1 N–H and O–H groups in total. The lowest BCUT2D eigenvalue weighted by Crippen LogP contribution is -2.31. The van der Waals surface area contributed by atoms with Gasteiger partial charge in [-0.25, -0.2) is 4.79 Å². The summed E-state index contributed by atoms with van der Waals surface area (Å²) in [6, 6.07) is 0. The van der Waals surface area contributed by atoms with Gasteiger partial charge in [0, 0.05) is 31.8 Å². The van der Waals surface area contributed by atoms with Crippen molar-refractivity contribution in [3.63, 3.8) is 0 Å². The molecule has 0 fully saturated rings. The van der Waals surface area contributed by atoms with Gasteiger partial charge in [-0.2, -0.15) is 5.10 Å². The van der Waals surface area contributed by atoms with Gasteiger partial charge >= 0.3 is 5.97 Å². The Morgan fingerprint density at radius 2 is 2.00 bits per heavy atom. The lowest BCUT2D eigenvalue weighted by Gasteiger charge is -2.28. The minimum Gasteiger partial charge on any atom is -0.478 e. The largest absolute Gasteiger partial charge is 0.478 e. The van der Waals surface area contributed by atoms with Crippen molar-refractivity contribution < 1.29 is 9.90 Å².